The van der Waals surface area contributed by atoms with Gasteiger partial charge in [0.05, 0.1) is 11.4 Å². The second kappa shape index (κ2) is 11.2. The van der Waals surface area contributed by atoms with Crippen LogP contribution in [0.2, 0.25) is 5.02 Å². The van der Waals surface area contributed by atoms with E-state index in [1.807, 2.05) is 24.3 Å². The predicted octanol–water partition coefficient (Wildman–Crippen LogP) is 5.20. The van der Waals surface area contributed by atoms with Crippen LogP contribution in [0.5, 0.6) is 0 Å². The molecule has 3 aromatic rings. The molecule has 1 saturated heterocycles. The van der Waals surface area contributed by atoms with Crippen molar-refractivity contribution in [1.82, 2.24) is 14.5 Å². The number of ketones is 1. The molecule has 2 aromatic carbocycles. The number of benzene rings is 2. The van der Waals surface area contributed by atoms with E-state index in [0.717, 1.165) is 28.5 Å². The summed E-state index contributed by atoms with van der Waals surface area (Å²) in [6, 6.07) is 13.9. The van der Waals surface area contributed by atoms with E-state index in [0.29, 0.717) is 34.7 Å². The summed E-state index contributed by atoms with van der Waals surface area (Å²) in [4.78, 5) is 12.9. The number of carbonyl (C=O) groups is 1. The number of anilines is 1. The summed E-state index contributed by atoms with van der Waals surface area (Å²) in [6.45, 7) is 3.16. The molecule has 4 rings (SSSR count). The number of sulfonamides is 1. The fourth-order valence-electron chi connectivity index (χ4n) is 3.53. The summed E-state index contributed by atoms with van der Waals surface area (Å²) in [6.07, 6.45) is 1.70. The maximum Gasteiger partial charge on any atom is 0.243 e. The molecular weight excluding hydrogens is 512 g/mol. The lowest BCUT2D eigenvalue weighted by Gasteiger charge is -2.29. The number of rotatable bonds is 9. The molecule has 34 heavy (non-hydrogen) atoms. The van der Waals surface area contributed by atoms with Gasteiger partial charge in [-0.3, -0.25) is 4.79 Å². The molecule has 0 atom stereocenters. The van der Waals surface area contributed by atoms with Gasteiger partial charge in [-0.2, -0.15) is 4.31 Å². The molecule has 0 spiro atoms. The highest BCUT2D eigenvalue weighted by Gasteiger charge is 2.28. The molecule has 180 valence electrons. The SMILES string of the molecule is CC1CCN(S(=O)(=O)c2cccc(C(=O)CNc3nnc(SCc4ccc(Cl)cc4)s3)c2)CC1. The lowest BCUT2D eigenvalue weighted by atomic mass is 10.0. The third kappa shape index (κ3) is 6.37. The zero-order valence-corrected chi connectivity index (χ0v) is 21.8. The van der Waals surface area contributed by atoms with E-state index in [-0.39, 0.29) is 17.2 Å². The van der Waals surface area contributed by atoms with Crippen molar-refractivity contribution in [3.8, 4) is 0 Å². The zero-order chi connectivity index (χ0) is 24.1. The zero-order valence-electron chi connectivity index (χ0n) is 18.6. The molecule has 1 aromatic heterocycles. The van der Waals surface area contributed by atoms with Gasteiger partial charge in [0.1, 0.15) is 0 Å². The Labute approximate surface area is 213 Å². The molecule has 7 nitrogen and oxygen atoms in total. The van der Waals surface area contributed by atoms with Crippen LogP contribution in [0.1, 0.15) is 35.7 Å². The van der Waals surface area contributed by atoms with Crippen molar-refractivity contribution in [2.24, 2.45) is 5.92 Å². The first-order chi connectivity index (χ1) is 16.3. The number of Topliss-reactive ketones (excluding diaryl/α,β-unsaturated/α-hetero) is 1. The molecule has 2 heterocycles. The van der Waals surface area contributed by atoms with Crippen molar-refractivity contribution in [1.29, 1.82) is 0 Å². The highest BCUT2D eigenvalue weighted by atomic mass is 35.5. The van der Waals surface area contributed by atoms with E-state index < -0.39 is 10.0 Å². The van der Waals surface area contributed by atoms with E-state index >= 15 is 0 Å². The number of hydrogen-bond donors (Lipinski definition) is 1. The minimum Gasteiger partial charge on any atom is -0.353 e. The van der Waals surface area contributed by atoms with Gasteiger partial charge in [0.15, 0.2) is 10.1 Å². The number of halogens is 1. The lowest BCUT2D eigenvalue weighted by molar-refractivity contribution is 0.101. The topological polar surface area (TPSA) is 92.3 Å². The van der Waals surface area contributed by atoms with Gasteiger partial charge in [-0.15, -0.1) is 10.2 Å². The van der Waals surface area contributed by atoms with E-state index in [2.05, 4.69) is 22.4 Å². The quantitative estimate of drug-likeness (QED) is 0.297. The van der Waals surface area contributed by atoms with E-state index in [1.165, 1.54) is 21.7 Å². The largest absolute Gasteiger partial charge is 0.353 e. The molecule has 11 heteroatoms. The molecular formula is C23H25ClN4O3S3. The molecule has 0 aliphatic carbocycles. The van der Waals surface area contributed by atoms with Crippen molar-refractivity contribution in [3.63, 3.8) is 0 Å². The Hall–Kier alpha value is -1.98. The van der Waals surface area contributed by atoms with Crippen LogP contribution in [-0.2, 0) is 15.8 Å². The van der Waals surface area contributed by atoms with Crippen molar-refractivity contribution in [2.75, 3.05) is 25.0 Å². The summed E-state index contributed by atoms with van der Waals surface area (Å²) in [5.41, 5.74) is 1.48. The summed E-state index contributed by atoms with van der Waals surface area (Å²) in [5, 5.41) is 12.5. The Balaban J connectivity index is 1.33. The highest BCUT2D eigenvalue weighted by Crippen LogP contribution is 2.29. The van der Waals surface area contributed by atoms with Gasteiger partial charge in [0, 0.05) is 29.4 Å². The molecule has 1 fully saturated rings. The molecule has 0 amide bonds. The third-order valence-corrected chi connectivity index (χ3v) is 9.85. The van der Waals surface area contributed by atoms with Gasteiger partial charge in [0.2, 0.25) is 15.2 Å². The van der Waals surface area contributed by atoms with Crippen molar-refractivity contribution < 1.29 is 13.2 Å². The summed E-state index contributed by atoms with van der Waals surface area (Å²) in [7, 11) is -3.61. The Bertz CT molecular complexity index is 1240. The maximum atomic E-state index is 13.0. The maximum absolute atomic E-state index is 13.0. The standard InChI is InChI=1S/C23H25ClN4O3S3/c1-16-9-11-28(12-10-16)34(30,31)20-4-2-3-18(13-20)21(29)14-25-22-26-27-23(33-22)32-15-17-5-7-19(24)8-6-17/h2-8,13,16H,9-12,14-15H2,1H3,(H,25,26). The second-order valence-corrected chi connectivity index (χ2v) is 12.8. The molecule has 1 aliphatic heterocycles. The van der Waals surface area contributed by atoms with Gasteiger partial charge >= 0.3 is 0 Å². The van der Waals surface area contributed by atoms with Crippen LogP contribution in [0.3, 0.4) is 0 Å². The second-order valence-electron chi connectivity index (χ2n) is 8.18. The van der Waals surface area contributed by atoms with Crippen molar-refractivity contribution in [2.45, 2.75) is 34.8 Å². The monoisotopic (exact) mass is 536 g/mol. The smallest absolute Gasteiger partial charge is 0.243 e. The Kier molecular flexibility index (Phi) is 8.26. The Morgan fingerprint density at radius 2 is 1.91 bits per heavy atom. The van der Waals surface area contributed by atoms with Crippen LogP contribution >= 0.6 is 34.7 Å². The molecule has 0 bridgehead atoms. The minimum atomic E-state index is -3.61. The van der Waals surface area contributed by atoms with E-state index in [4.69, 9.17) is 11.6 Å². The third-order valence-electron chi connectivity index (χ3n) is 5.62. The van der Waals surface area contributed by atoms with Crippen LogP contribution in [0.15, 0.2) is 57.8 Å². The number of thioether (sulfide) groups is 1. The summed E-state index contributed by atoms with van der Waals surface area (Å²) < 4.78 is 28.3. The normalized spacial score (nSPS) is 15.4. The molecule has 1 aliphatic rings. The lowest BCUT2D eigenvalue weighted by Crippen LogP contribution is -2.37. The average Bonchev–Trinajstić information content (AvgIpc) is 3.30. The van der Waals surface area contributed by atoms with Gasteiger partial charge < -0.3 is 5.32 Å². The molecule has 0 unspecified atom stereocenters. The van der Waals surface area contributed by atoms with Gasteiger partial charge in [-0.1, -0.05) is 65.9 Å². The van der Waals surface area contributed by atoms with Gasteiger partial charge in [-0.05, 0) is 48.6 Å². The fourth-order valence-corrected chi connectivity index (χ4v) is 6.87. The van der Waals surface area contributed by atoms with Crippen LogP contribution in [0.25, 0.3) is 0 Å². The summed E-state index contributed by atoms with van der Waals surface area (Å²) >= 11 is 8.84. The first-order valence-corrected chi connectivity index (χ1v) is 14.5. The number of aromatic nitrogens is 2. The number of nitrogens with one attached hydrogen (secondary N) is 1. The number of carbonyl (C=O) groups excluding carboxylic acids is 1. The van der Waals surface area contributed by atoms with Crippen LogP contribution in [-0.4, -0.2) is 48.3 Å². The van der Waals surface area contributed by atoms with Gasteiger partial charge in [-0.25, -0.2) is 8.42 Å². The van der Waals surface area contributed by atoms with E-state index in [9.17, 15) is 13.2 Å². The van der Waals surface area contributed by atoms with E-state index in [1.54, 1.807) is 30.0 Å². The van der Waals surface area contributed by atoms with Crippen LogP contribution < -0.4 is 5.32 Å². The van der Waals surface area contributed by atoms with Crippen molar-refractivity contribution in [3.05, 3.63) is 64.7 Å². The Morgan fingerprint density at radius 1 is 1.18 bits per heavy atom. The van der Waals surface area contributed by atoms with Crippen LogP contribution in [0, 0.1) is 5.92 Å². The van der Waals surface area contributed by atoms with Gasteiger partial charge in [0.25, 0.3) is 0 Å². The predicted molar refractivity (Wildman–Crippen MR) is 137 cm³/mol. The minimum absolute atomic E-state index is 0.00120. The van der Waals surface area contributed by atoms with Crippen molar-refractivity contribution >= 4 is 55.6 Å². The average molecular weight is 537 g/mol. The molecule has 1 N–H and O–H groups in total. The Morgan fingerprint density at radius 3 is 2.65 bits per heavy atom. The summed E-state index contributed by atoms with van der Waals surface area (Å²) in [5.74, 6) is 1.05. The number of hydrogen-bond acceptors (Lipinski definition) is 8. The first kappa shape index (κ1) is 25.1. The number of nitrogens with zero attached hydrogens (tertiary/aromatic N) is 3. The highest BCUT2D eigenvalue weighted by molar-refractivity contribution is 8.00. The first-order valence-electron chi connectivity index (χ1n) is 10.9. The van der Waals surface area contributed by atoms with Crippen LogP contribution in [0.4, 0.5) is 5.13 Å². The fraction of sp³-hybridized carbons (Fsp3) is 0.348. The molecule has 0 radical (unpaired) electrons. The number of piperidine rings is 1. The molecule has 0 saturated carbocycles.